The molecule has 152 valence electrons. The summed E-state index contributed by atoms with van der Waals surface area (Å²) in [5, 5.41) is 5.99. The molecule has 2 aliphatic heterocycles. The molecule has 2 atom stereocenters. The van der Waals surface area contributed by atoms with Crippen LogP contribution in [0, 0.1) is 11.6 Å². The molecule has 6 heteroatoms. The lowest BCUT2D eigenvalue weighted by Crippen LogP contribution is -2.44. The Morgan fingerprint density at radius 2 is 1.86 bits per heavy atom. The maximum Gasteiger partial charge on any atom is 0.257 e. The van der Waals surface area contributed by atoms with Crippen molar-refractivity contribution < 1.29 is 13.6 Å². The van der Waals surface area contributed by atoms with Gasteiger partial charge in [0.05, 0.1) is 18.3 Å². The zero-order chi connectivity index (χ0) is 20.4. The number of rotatable bonds is 4. The Balaban J connectivity index is 1.62. The lowest BCUT2D eigenvalue weighted by Gasteiger charge is -2.34. The van der Waals surface area contributed by atoms with Crippen LogP contribution in [0.2, 0.25) is 0 Å². The molecule has 0 unspecified atom stereocenters. The van der Waals surface area contributed by atoms with E-state index in [2.05, 4.69) is 16.9 Å². The molecule has 0 saturated carbocycles. The smallest absolute Gasteiger partial charge is 0.257 e. The van der Waals surface area contributed by atoms with Crippen LogP contribution in [0.5, 0.6) is 0 Å². The molecule has 2 aromatic carbocycles. The third-order valence-corrected chi connectivity index (χ3v) is 5.89. The number of hydrogen-bond donors (Lipinski definition) is 0. The second-order valence-electron chi connectivity index (χ2n) is 7.85. The average molecular weight is 397 g/mol. The molecular formula is C23H25F2N3O. The van der Waals surface area contributed by atoms with Crippen molar-refractivity contribution >= 4 is 11.6 Å². The topological polar surface area (TPSA) is 35.9 Å². The maximum atomic E-state index is 14.5. The fraction of sp³-hybridized carbons (Fsp3) is 0.391. The largest absolute Gasteiger partial charge is 0.292 e. The second-order valence-corrected chi connectivity index (χ2v) is 7.85. The van der Waals surface area contributed by atoms with Gasteiger partial charge in [-0.1, -0.05) is 36.8 Å². The summed E-state index contributed by atoms with van der Waals surface area (Å²) < 4.78 is 27.8. The minimum atomic E-state index is -0.496. The van der Waals surface area contributed by atoms with Gasteiger partial charge in [-0.3, -0.25) is 9.69 Å². The Morgan fingerprint density at radius 1 is 1.10 bits per heavy atom. The minimum absolute atomic E-state index is 0.135. The Labute approximate surface area is 169 Å². The summed E-state index contributed by atoms with van der Waals surface area (Å²) in [6.07, 6.45) is 3.74. The van der Waals surface area contributed by atoms with Crippen LogP contribution in [0.3, 0.4) is 0 Å². The van der Waals surface area contributed by atoms with Crippen molar-refractivity contribution in [3.8, 4) is 0 Å². The van der Waals surface area contributed by atoms with E-state index in [0.717, 1.165) is 24.9 Å². The van der Waals surface area contributed by atoms with Gasteiger partial charge < -0.3 is 0 Å². The van der Waals surface area contributed by atoms with Gasteiger partial charge in [-0.15, -0.1) is 0 Å². The molecule has 2 aromatic rings. The van der Waals surface area contributed by atoms with Crippen molar-refractivity contribution in [3.63, 3.8) is 0 Å². The Hall–Kier alpha value is -2.60. The van der Waals surface area contributed by atoms with Crippen LogP contribution in [-0.2, 0) is 4.79 Å². The SMILES string of the molecule is C[C@@H]1CCCCN1CC(=O)N1N=C(c2ccc(F)cc2)C[C@H]1c1ccccc1F. The number of halogens is 2. The van der Waals surface area contributed by atoms with E-state index < -0.39 is 6.04 Å². The van der Waals surface area contributed by atoms with E-state index in [1.165, 1.54) is 29.6 Å². The van der Waals surface area contributed by atoms with Crippen molar-refractivity contribution in [2.45, 2.75) is 44.7 Å². The number of benzene rings is 2. The molecule has 0 aromatic heterocycles. The van der Waals surface area contributed by atoms with Crippen LogP contribution in [0.1, 0.15) is 49.8 Å². The van der Waals surface area contributed by atoms with Crippen molar-refractivity contribution in [1.29, 1.82) is 0 Å². The van der Waals surface area contributed by atoms with Crippen LogP contribution < -0.4 is 0 Å². The number of amides is 1. The molecule has 2 aliphatic rings. The first-order valence-corrected chi connectivity index (χ1v) is 10.2. The number of piperidine rings is 1. The first-order valence-electron chi connectivity index (χ1n) is 10.2. The fourth-order valence-corrected chi connectivity index (χ4v) is 4.18. The summed E-state index contributed by atoms with van der Waals surface area (Å²) in [5.41, 5.74) is 1.86. The molecular weight excluding hydrogens is 372 g/mol. The molecule has 1 amide bonds. The van der Waals surface area contributed by atoms with Crippen LogP contribution in [0.25, 0.3) is 0 Å². The third kappa shape index (κ3) is 4.22. The van der Waals surface area contributed by atoms with E-state index in [-0.39, 0.29) is 24.1 Å². The van der Waals surface area contributed by atoms with Crippen molar-refractivity contribution in [1.82, 2.24) is 9.91 Å². The van der Waals surface area contributed by atoms with E-state index in [0.29, 0.717) is 23.7 Å². The Morgan fingerprint density at radius 3 is 2.59 bits per heavy atom. The van der Waals surface area contributed by atoms with E-state index in [9.17, 15) is 13.6 Å². The van der Waals surface area contributed by atoms with Gasteiger partial charge in [0.25, 0.3) is 5.91 Å². The van der Waals surface area contributed by atoms with Crippen LogP contribution in [0.15, 0.2) is 53.6 Å². The van der Waals surface area contributed by atoms with Gasteiger partial charge in [0.15, 0.2) is 0 Å². The summed E-state index contributed by atoms with van der Waals surface area (Å²) in [7, 11) is 0. The third-order valence-electron chi connectivity index (χ3n) is 5.89. The maximum absolute atomic E-state index is 14.5. The zero-order valence-electron chi connectivity index (χ0n) is 16.5. The lowest BCUT2D eigenvalue weighted by molar-refractivity contribution is -0.135. The van der Waals surface area contributed by atoms with Gasteiger partial charge >= 0.3 is 0 Å². The molecule has 0 N–H and O–H groups in total. The molecule has 0 aliphatic carbocycles. The summed E-state index contributed by atoms with van der Waals surface area (Å²) in [6, 6.07) is 12.4. The highest BCUT2D eigenvalue weighted by Crippen LogP contribution is 2.34. The van der Waals surface area contributed by atoms with E-state index in [4.69, 9.17) is 0 Å². The molecule has 4 rings (SSSR count). The summed E-state index contributed by atoms with van der Waals surface area (Å²) >= 11 is 0. The van der Waals surface area contributed by atoms with E-state index in [1.54, 1.807) is 30.3 Å². The van der Waals surface area contributed by atoms with E-state index in [1.807, 2.05) is 0 Å². The molecule has 4 nitrogen and oxygen atoms in total. The number of carbonyl (C=O) groups excluding carboxylic acids is 1. The Bertz CT molecular complexity index is 913. The normalized spacial score (nSPS) is 22.6. The molecule has 29 heavy (non-hydrogen) atoms. The highest BCUT2D eigenvalue weighted by Gasteiger charge is 2.35. The standard InChI is InChI=1S/C23H25F2N3O/c1-16-6-4-5-13-27(16)15-23(29)28-22(19-7-2-3-8-20(19)25)14-21(26-28)17-9-11-18(24)12-10-17/h2-3,7-12,16,22H,4-6,13-15H2,1H3/t16-,22+/m1/s1. The number of hydrogen-bond acceptors (Lipinski definition) is 3. The van der Waals surface area contributed by atoms with E-state index >= 15 is 0 Å². The highest BCUT2D eigenvalue weighted by molar-refractivity contribution is 6.03. The highest BCUT2D eigenvalue weighted by atomic mass is 19.1. The van der Waals surface area contributed by atoms with Crippen LogP contribution in [-0.4, -0.2) is 40.7 Å². The first-order chi connectivity index (χ1) is 14.0. The molecule has 0 radical (unpaired) electrons. The summed E-state index contributed by atoms with van der Waals surface area (Å²) in [5.74, 6) is -0.814. The monoisotopic (exact) mass is 397 g/mol. The van der Waals surface area contributed by atoms with Crippen molar-refractivity contribution in [3.05, 3.63) is 71.3 Å². The van der Waals surface area contributed by atoms with Crippen molar-refractivity contribution in [2.24, 2.45) is 5.10 Å². The van der Waals surface area contributed by atoms with Crippen LogP contribution in [0.4, 0.5) is 8.78 Å². The number of carbonyl (C=O) groups is 1. The molecule has 0 bridgehead atoms. The lowest BCUT2D eigenvalue weighted by atomic mass is 9.98. The van der Waals surface area contributed by atoms with Gasteiger partial charge in [-0.25, -0.2) is 13.8 Å². The Kier molecular flexibility index (Phi) is 5.72. The van der Waals surface area contributed by atoms with Gasteiger partial charge in [0, 0.05) is 18.0 Å². The van der Waals surface area contributed by atoms with Gasteiger partial charge in [0.2, 0.25) is 0 Å². The fourth-order valence-electron chi connectivity index (χ4n) is 4.18. The molecule has 0 spiro atoms. The minimum Gasteiger partial charge on any atom is -0.292 e. The number of likely N-dealkylation sites (tertiary alicyclic amines) is 1. The van der Waals surface area contributed by atoms with Crippen molar-refractivity contribution in [2.75, 3.05) is 13.1 Å². The average Bonchev–Trinajstić information content (AvgIpc) is 3.16. The summed E-state index contributed by atoms with van der Waals surface area (Å²) in [6.45, 7) is 3.30. The second kappa shape index (κ2) is 8.41. The van der Waals surface area contributed by atoms with Gasteiger partial charge in [0.1, 0.15) is 11.6 Å². The van der Waals surface area contributed by atoms with Gasteiger partial charge in [-0.2, -0.15) is 5.10 Å². The quantitative estimate of drug-likeness (QED) is 0.761. The number of nitrogens with zero attached hydrogens (tertiary/aromatic N) is 3. The van der Waals surface area contributed by atoms with Crippen LogP contribution >= 0.6 is 0 Å². The summed E-state index contributed by atoms with van der Waals surface area (Å²) in [4.78, 5) is 15.4. The molecule has 1 saturated heterocycles. The number of hydrazone groups is 1. The zero-order valence-corrected chi connectivity index (χ0v) is 16.5. The molecule has 1 fully saturated rings. The molecule has 2 heterocycles. The first kappa shape index (κ1) is 19.7. The predicted octanol–water partition coefficient (Wildman–Crippen LogP) is 4.52. The predicted molar refractivity (Wildman–Crippen MR) is 108 cm³/mol. The van der Waals surface area contributed by atoms with Gasteiger partial charge in [-0.05, 0) is 50.1 Å².